The second-order valence-electron chi connectivity index (χ2n) is 5.17. The van der Waals surface area contributed by atoms with Crippen LogP contribution in [-0.2, 0) is 4.74 Å². The van der Waals surface area contributed by atoms with Crippen LogP contribution in [0.15, 0.2) is 42.5 Å². The third kappa shape index (κ3) is 2.77. The maximum atomic E-state index is 12.6. The molecule has 1 aliphatic heterocycles. The van der Waals surface area contributed by atoms with Crippen molar-refractivity contribution in [1.82, 2.24) is 0 Å². The van der Waals surface area contributed by atoms with E-state index in [0.717, 1.165) is 5.56 Å². The summed E-state index contributed by atoms with van der Waals surface area (Å²) in [5, 5.41) is 0. The van der Waals surface area contributed by atoms with Crippen molar-refractivity contribution in [2.24, 2.45) is 0 Å². The van der Waals surface area contributed by atoms with Gasteiger partial charge in [-0.05, 0) is 18.2 Å². The van der Waals surface area contributed by atoms with Gasteiger partial charge in [0.1, 0.15) is 17.6 Å². The van der Waals surface area contributed by atoms with Crippen LogP contribution >= 0.6 is 0 Å². The molecule has 0 saturated carbocycles. The Kier molecular flexibility index (Phi) is 4.02. The van der Waals surface area contributed by atoms with E-state index in [2.05, 4.69) is 0 Å². The fourth-order valence-electron chi connectivity index (χ4n) is 2.68. The van der Waals surface area contributed by atoms with Gasteiger partial charge in [0.25, 0.3) is 0 Å². The summed E-state index contributed by atoms with van der Waals surface area (Å²) in [6.07, 6.45) is -0.483. The van der Waals surface area contributed by atoms with Gasteiger partial charge in [0.2, 0.25) is 0 Å². The topological polar surface area (TPSA) is 61.8 Å². The van der Waals surface area contributed by atoms with Gasteiger partial charge in [0.05, 0.1) is 31.8 Å². The Bertz CT molecular complexity index is 766. The van der Waals surface area contributed by atoms with Gasteiger partial charge >= 0.3 is 5.97 Å². The van der Waals surface area contributed by atoms with Gasteiger partial charge in [0, 0.05) is 11.6 Å². The molecule has 5 nitrogen and oxygen atoms in total. The number of benzene rings is 2. The molecule has 1 heterocycles. The molecule has 0 aliphatic carbocycles. The standard InChI is InChI=1S/C18H16O5/c1-21-11-7-8-14(16(9-11)22-2)15(19)10-17-12-5-3-4-6-13(12)18(20)23-17/h3-9,17H,10H2,1-2H3/t17-/m1/s1. The Morgan fingerprint density at radius 3 is 2.65 bits per heavy atom. The zero-order valence-electron chi connectivity index (χ0n) is 12.9. The first kappa shape index (κ1) is 15.1. The number of fused-ring (bicyclic) bond motifs is 1. The predicted octanol–water partition coefficient (Wildman–Crippen LogP) is 3.19. The molecule has 2 aromatic rings. The van der Waals surface area contributed by atoms with Crippen molar-refractivity contribution in [3.8, 4) is 11.5 Å². The van der Waals surface area contributed by atoms with Crippen LogP contribution in [0.25, 0.3) is 0 Å². The number of ketones is 1. The van der Waals surface area contributed by atoms with Crippen LogP contribution in [0.3, 0.4) is 0 Å². The van der Waals surface area contributed by atoms with E-state index in [1.807, 2.05) is 12.1 Å². The van der Waals surface area contributed by atoms with Gasteiger partial charge in [-0.25, -0.2) is 4.79 Å². The lowest BCUT2D eigenvalue weighted by Gasteiger charge is -2.13. The monoisotopic (exact) mass is 312 g/mol. The Balaban J connectivity index is 1.85. The molecular formula is C18H16O5. The summed E-state index contributed by atoms with van der Waals surface area (Å²) in [5.41, 5.74) is 1.71. The summed E-state index contributed by atoms with van der Waals surface area (Å²) in [6.45, 7) is 0. The number of Topliss-reactive ketones (excluding diaryl/α,β-unsaturated/α-hetero) is 1. The number of hydrogen-bond acceptors (Lipinski definition) is 5. The van der Waals surface area contributed by atoms with Gasteiger partial charge in [-0.1, -0.05) is 18.2 Å². The molecule has 1 aliphatic rings. The number of methoxy groups -OCH3 is 2. The molecule has 0 unspecified atom stereocenters. The van der Waals surface area contributed by atoms with Crippen molar-refractivity contribution >= 4 is 11.8 Å². The minimum atomic E-state index is -0.557. The summed E-state index contributed by atoms with van der Waals surface area (Å²) >= 11 is 0. The molecule has 2 aromatic carbocycles. The van der Waals surface area contributed by atoms with Gasteiger partial charge in [-0.2, -0.15) is 0 Å². The summed E-state index contributed by atoms with van der Waals surface area (Å²) in [7, 11) is 3.04. The predicted molar refractivity (Wildman–Crippen MR) is 83.1 cm³/mol. The van der Waals surface area contributed by atoms with E-state index in [-0.39, 0.29) is 18.2 Å². The number of carbonyl (C=O) groups excluding carboxylic acids is 2. The Morgan fingerprint density at radius 1 is 1.13 bits per heavy atom. The van der Waals surface area contributed by atoms with Crippen LogP contribution in [0.2, 0.25) is 0 Å². The van der Waals surface area contributed by atoms with Crippen molar-refractivity contribution in [3.05, 3.63) is 59.2 Å². The summed E-state index contributed by atoms with van der Waals surface area (Å²) in [4.78, 5) is 24.4. The van der Waals surface area contributed by atoms with E-state index in [0.29, 0.717) is 22.6 Å². The van der Waals surface area contributed by atoms with E-state index in [1.165, 1.54) is 7.11 Å². The first-order valence-electron chi connectivity index (χ1n) is 7.19. The van der Waals surface area contributed by atoms with Crippen molar-refractivity contribution < 1.29 is 23.8 Å². The maximum absolute atomic E-state index is 12.6. The number of esters is 1. The quantitative estimate of drug-likeness (QED) is 0.627. The molecule has 0 bridgehead atoms. The van der Waals surface area contributed by atoms with E-state index in [4.69, 9.17) is 14.2 Å². The molecule has 23 heavy (non-hydrogen) atoms. The number of rotatable bonds is 5. The average Bonchev–Trinajstić information content (AvgIpc) is 2.90. The van der Waals surface area contributed by atoms with Gasteiger partial charge in [0.15, 0.2) is 5.78 Å². The molecule has 0 amide bonds. The molecule has 0 aromatic heterocycles. The lowest BCUT2D eigenvalue weighted by Crippen LogP contribution is -2.09. The van der Waals surface area contributed by atoms with Crippen LogP contribution < -0.4 is 9.47 Å². The molecule has 3 rings (SSSR count). The van der Waals surface area contributed by atoms with Crippen LogP contribution in [0.4, 0.5) is 0 Å². The van der Waals surface area contributed by atoms with E-state index >= 15 is 0 Å². The van der Waals surface area contributed by atoms with Crippen molar-refractivity contribution in [1.29, 1.82) is 0 Å². The maximum Gasteiger partial charge on any atom is 0.339 e. The minimum Gasteiger partial charge on any atom is -0.497 e. The van der Waals surface area contributed by atoms with Gasteiger partial charge in [-0.15, -0.1) is 0 Å². The van der Waals surface area contributed by atoms with Crippen molar-refractivity contribution in [2.75, 3.05) is 14.2 Å². The Hall–Kier alpha value is -2.82. The number of cyclic esters (lactones) is 1. The Morgan fingerprint density at radius 2 is 1.91 bits per heavy atom. The normalized spacial score (nSPS) is 15.7. The fraction of sp³-hybridized carbons (Fsp3) is 0.222. The number of hydrogen-bond donors (Lipinski definition) is 0. The van der Waals surface area contributed by atoms with Gasteiger partial charge in [-0.3, -0.25) is 4.79 Å². The van der Waals surface area contributed by atoms with Crippen LogP contribution in [-0.4, -0.2) is 26.0 Å². The van der Waals surface area contributed by atoms with Crippen molar-refractivity contribution in [3.63, 3.8) is 0 Å². The highest BCUT2D eigenvalue weighted by atomic mass is 16.5. The van der Waals surface area contributed by atoms with Crippen LogP contribution in [0.1, 0.15) is 38.8 Å². The second-order valence-corrected chi connectivity index (χ2v) is 5.17. The summed E-state index contributed by atoms with van der Waals surface area (Å²) in [5.74, 6) is 0.502. The van der Waals surface area contributed by atoms with Crippen LogP contribution in [0.5, 0.6) is 11.5 Å². The SMILES string of the molecule is COc1ccc(C(=O)C[C@H]2OC(=O)c3ccccc32)c(OC)c1. The highest BCUT2D eigenvalue weighted by Crippen LogP contribution is 2.35. The van der Waals surface area contributed by atoms with Crippen LogP contribution in [0, 0.1) is 0 Å². The fourth-order valence-corrected chi connectivity index (χ4v) is 2.68. The first-order valence-corrected chi connectivity index (χ1v) is 7.19. The molecular weight excluding hydrogens is 296 g/mol. The zero-order chi connectivity index (χ0) is 16.4. The lowest BCUT2D eigenvalue weighted by atomic mass is 9.98. The molecule has 0 N–H and O–H groups in total. The third-order valence-electron chi connectivity index (χ3n) is 3.86. The molecule has 0 fully saturated rings. The first-order chi connectivity index (χ1) is 11.1. The molecule has 118 valence electrons. The highest BCUT2D eigenvalue weighted by Gasteiger charge is 2.32. The summed E-state index contributed by atoms with van der Waals surface area (Å²) in [6, 6.07) is 12.1. The highest BCUT2D eigenvalue weighted by molar-refractivity contribution is 6.00. The molecule has 1 atom stereocenters. The van der Waals surface area contributed by atoms with Crippen molar-refractivity contribution in [2.45, 2.75) is 12.5 Å². The number of carbonyl (C=O) groups is 2. The molecule has 0 spiro atoms. The smallest absolute Gasteiger partial charge is 0.339 e. The van der Waals surface area contributed by atoms with E-state index < -0.39 is 6.10 Å². The molecule has 5 heteroatoms. The third-order valence-corrected chi connectivity index (χ3v) is 3.86. The molecule has 0 saturated heterocycles. The van der Waals surface area contributed by atoms with E-state index in [1.54, 1.807) is 37.4 Å². The average molecular weight is 312 g/mol. The Labute approximate surface area is 133 Å². The minimum absolute atomic E-state index is 0.0748. The van der Waals surface area contributed by atoms with E-state index in [9.17, 15) is 9.59 Å². The summed E-state index contributed by atoms with van der Waals surface area (Å²) < 4.78 is 15.7. The molecule has 0 radical (unpaired) electrons. The largest absolute Gasteiger partial charge is 0.497 e. The zero-order valence-corrected chi connectivity index (χ0v) is 12.9. The lowest BCUT2D eigenvalue weighted by molar-refractivity contribution is 0.0367. The number of ether oxygens (including phenoxy) is 3. The second kappa shape index (κ2) is 6.12. The van der Waals surface area contributed by atoms with Gasteiger partial charge < -0.3 is 14.2 Å².